The summed E-state index contributed by atoms with van der Waals surface area (Å²) >= 11 is 0. The molecule has 0 spiro atoms. The zero-order valence-corrected chi connectivity index (χ0v) is 18.5. The van der Waals surface area contributed by atoms with Crippen LogP contribution in [-0.2, 0) is 4.79 Å². The standard InChI is InChI=1S/C24H32FN5O/c1-18(19-10-5-4-6-11-19)27-24(26-16-23(31)29(2)3)28-20-12-9-15-30(17-20)22-14-8-7-13-21(22)25/h4-8,10-11,13-14,18,20H,9,12,15-17H2,1-3H3,(H2,26,27,28). The molecule has 7 heteroatoms. The van der Waals surface area contributed by atoms with Crippen LogP contribution in [-0.4, -0.2) is 56.5 Å². The van der Waals surface area contributed by atoms with Crippen LogP contribution in [0.3, 0.4) is 0 Å². The lowest BCUT2D eigenvalue weighted by molar-refractivity contribution is -0.127. The topological polar surface area (TPSA) is 60.0 Å². The SMILES string of the molecule is CC(NC(=NCC(=O)N(C)C)NC1CCCN(c2ccccc2F)C1)c1ccccc1. The molecule has 3 rings (SSSR count). The van der Waals surface area contributed by atoms with Crippen molar-refractivity contribution in [3.05, 3.63) is 66.0 Å². The molecule has 2 aromatic carbocycles. The molecule has 1 amide bonds. The fourth-order valence-electron chi connectivity index (χ4n) is 3.67. The minimum absolute atomic E-state index is 0.0215. The van der Waals surface area contributed by atoms with E-state index in [1.165, 1.54) is 11.0 Å². The summed E-state index contributed by atoms with van der Waals surface area (Å²) in [6.45, 7) is 3.61. The normalized spacial score (nSPS) is 17.7. The Kier molecular flexibility index (Phi) is 7.87. The van der Waals surface area contributed by atoms with Crippen LogP contribution >= 0.6 is 0 Å². The molecule has 31 heavy (non-hydrogen) atoms. The van der Waals surface area contributed by atoms with E-state index < -0.39 is 0 Å². The summed E-state index contributed by atoms with van der Waals surface area (Å²) in [6.07, 6.45) is 1.90. The summed E-state index contributed by atoms with van der Waals surface area (Å²) < 4.78 is 14.3. The second-order valence-electron chi connectivity index (χ2n) is 8.11. The summed E-state index contributed by atoms with van der Waals surface area (Å²) in [6, 6.07) is 17.1. The molecular weight excluding hydrogens is 393 g/mol. The van der Waals surface area contributed by atoms with Crippen LogP contribution in [0, 0.1) is 5.82 Å². The van der Waals surface area contributed by atoms with E-state index in [4.69, 9.17) is 0 Å². The molecule has 1 aliphatic rings. The van der Waals surface area contributed by atoms with Crippen molar-refractivity contribution in [2.75, 3.05) is 38.6 Å². The quantitative estimate of drug-likeness (QED) is 0.551. The molecule has 1 saturated heterocycles. The van der Waals surface area contributed by atoms with Gasteiger partial charge in [0.2, 0.25) is 5.91 Å². The highest BCUT2D eigenvalue weighted by Gasteiger charge is 2.23. The predicted octanol–water partition coefficient (Wildman–Crippen LogP) is 3.18. The molecule has 1 aliphatic heterocycles. The van der Waals surface area contributed by atoms with Gasteiger partial charge in [0, 0.05) is 33.2 Å². The molecule has 2 unspecified atom stereocenters. The molecule has 0 radical (unpaired) electrons. The highest BCUT2D eigenvalue weighted by molar-refractivity contribution is 5.85. The van der Waals surface area contributed by atoms with Crippen molar-refractivity contribution in [1.29, 1.82) is 0 Å². The predicted molar refractivity (Wildman–Crippen MR) is 124 cm³/mol. The zero-order valence-electron chi connectivity index (χ0n) is 18.5. The summed E-state index contributed by atoms with van der Waals surface area (Å²) in [5, 5.41) is 6.89. The number of carbonyl (C=O) groups is 1. The Morgan fingerprint density at radius 3 is 2.61 bits per heavy atom. The number of carbonyl (C=O) groups excluding carboxylic acids is 1. The lowest BCUT2D eigenvalue weighted by Crippen LogP contribution is -2.52. The maximum Gasteiger partial charge on any atom is 0.243 e. The minimum Gasteiger partial charge on any atom is -0.367 e. The third-order valence-electron chi connectivity index (χ3n) is 5.48. The first-order valence-corrected chi connectivity index (χ1v) is 10.8. The second kappa shape index (κ2) is 10.8. The van der Waals surface area contributed by atoms with Gasteiger partial charge in [-0.1, -0.05) is 42.5 Å². The van der Waals surface area contributed by atoms with Gasteiger partial charge in [-0.2, -0.15) is 0 Å². The monoisotopic (exact) mass is 425 g/mol. The van der Waals surface area contributed by atoms with Crippen LogP contribution in [0.25, 0.3) is 0 Å². The molecule has 166 valence electrons. The number of rotatable bonds is 6. The summed E-state index contributed by atoms with van der Waals surface area (Å²) in [4.78, 5) is 20.2. The van der Waals surface area contributed by atoms with E-state index in [1.54, 1.807) is 20.2 Å². The van der Waals surface area contributed by atoms with E-state index in [2.05, 4.69) is 39.6 Å². The van der Waals surface area contributed by atoms with Gasteiger partial charge < -0.3 is 20.4 Å². The Hall–Kier alpha value is -3.09. The van der Waals surface area contributed by atoms with Gasteiger partial charge >= 0.3 is 0 Å². The van der Waals surface area contributed by atoms with Gasteiger partial charge in [-0.3, -0.25) is 4.79 Å². The number of nitrogens with zero attached hydrogens (tertiary/aromatic N) is 3. The largest absolute Gasteiger partial charge is 0.367 e. The van der Waals surface area contributed by atoms with Crippen molar-refractivity contribution in [3.63, 3.8) is 0 Å². The van der Waals surface area contributed by atoms with Gasteiger partial charge in [-0.05, 0) is 37.5 Å². The molecular formula is C24H32FN5O. The number of guanidine groups is 1. The van der Waals surface area contributed by atoms with E-state index in [1.807, 2.05) is 30.3 Å². The van der Waals surface area contributed by atoms with E-state index >= 15 is 0 Å². The van der Waals surface area contributed by atoms with Crippen LogP contribution in [0.1, 0.15) is 31.4 Å². The number of piperidine rings is 1. The summed E-state index contributed by atoms with van der Waals surface area (Å²) in [5.41, 5.74) is 1.76. The van der Waals surface area contributed by atoms with Crippen molar-refractivity contribution in [3.8, 4) is 0 Å². The number of likely N-dealkylation sites (N-methyl/N-ethyl adjacent to an activating group) is 1. The number of benzene rings is 2. The number of hydrogen-bond acceptors (Lipinski definition) is 3. The molecule has 0 saturated carbocycles. The van der Waals surface area contributed by atoms with Crippen LogP contribution in [0.2, 0.25) is 0 Å². The van der Waals surface area contributed by atoms with Crippen LogP contribution in [0.5, 0.6) is 0 Å². The lowest BCUT2D eigenvalue weighted by Gasteiger charge is -2.36. The smallest absolute Gasteiger partial charge is 0.243 e. The molecule has 2 aromatic rings. The maximum absolute atomic E-state index is 14.3. The Bertz CT molecular complexity index is 887. The maximum atomic E-state index is 14.3. The molecule has 2 atom stereocenters. The zero-order chi connectivity index (χ0) is 22.2. The summed E-state index contributed by atoms with van der Waals surface area (Å²) in [5.74, 6) is 0.321. The first kappa shape index (κ1) is 22.6. The first-order valence-electron chi connectivity index (χ1n) is 10.8. The second-order valence-corrected chi connectivity index (χ2v) is 8.11. The van der Waals surface area contributed by atoms with Crippen LogP contribution in [0.15, 0.2) is 59.6 Å². The Morgan fingerprint density at radius 2 is 1.90 bits per heavy atom. The van der Waals surface area contributed by atoms with E-state index in [0.29, 0.717) is 18.2 Å². The molecule has 1 heterocycles. The highest BCUT2D eigenvalue weighted by Crippen LogP contribution is 2.23. The Morgan fingerprint density at radius 1 is 1.19 bits per heavy atom. The van der Waals surface area contributed by atoms with Gasteiger partial charge in [-0.15, -0.1) is 0 Å². The van der Waals surface area contributed by atoms with Crippen molar-refractivity contribution >= 4 is 17.6 Å². The van der Waals surface area contributed by atoms with Crippen molar-refractivity contribution < 1.29 is 9.18 Å². The van der Waals surface area contributed by atoms with Gasteiger partial charge in [-0.25, -0.2) is 9.38 Å². The van der Waals surface area contributed by atoms with Crippen molar-refractivity contribution in [2.45, 2.75) is 31.8 Å². The number of amides is 1. The Balaban J connectivity index is 1.71. The van der Waals surface area contributed by atoms with Gasteiger partial charge in [0.1, 0.15) is 12.4 Å². The highest BCUT2D eigenvalue weighted by atomic mass is 19.1. The van der Waals surface area contributed by atoms with Crippen molar-refractivity contribution in [1.82, 2.24) is 15.5 Å². The minimum atomic E-state index is -0.204. The summed E-state index contributed by atoms with van der Waals surface area (Å²) in [7, 11) is 3.44. The molecule has 0 aliphatic carbocycles. The average Bonchev–Trinajstić information content (AvgIpc) is 2.78. The van der Waals surface area contributed by atoms with E-state index in [9.17, 15) is 9.18 Å². The number of halogens is 1. The van der Waals surface area contributed by atoms with E-state index in [-0.39, 0.29) is 30.4 Å². The fourth-order valence-corrected chi connectivity index (χ4v) is 3.67. The molecule has 6 nitrogen and oxygen atoms in total. The van der Waals surface area contributed by atoms with Gasteiger partial charge in [0.05, 0.1) is 11.7 Å². The number of hydrogen-bond donors (Lipinski definition) is 2. The third-order valence-corrected chi connectivity index (χ3v) is 5.48. The molecule has 1 fully saturated rings. The van der Waals surface area contributed by atoms with Gasteiger partial charge in [0.15, 0.2) is 5.96 Å². The number of para-hydroxylation sites is 1. The van der Waals surface area contributed by atoms with E-state index in [0.717, 1.165) is 24.9 Å². The molecule has 0 aromatic heterocycles. The fraction of sp³-hybridized carbons (Fsp3) is 0.417. The average molecular weight is 426 g/mol. The van der Waals surface area contributed by atoms with Crippen molar-refractivity contribution in [2.24, 2.45) is 4.99 Å². The number of nitrogens with one attached hydrogen (secondary N) is 2. The number of anilines is 1. The van der Waals surface area contributed by atoms with Gasteiger partial charge in [0.25, 0.3) is 0 Å². The van der Waals surface area contributed by atoms with Crippen LogP contribution < -0.4 is 15.5 Å². The first-order chi connectivity index (χ1) is 14.9. The lowest BCUT2D eigenvalue weighted by atomic mass is 10.0. The van der Waals surface area contributed by atoms with Crippen LogP contribution in [0.4, 0.5) is 10.1 Å². The molecule has 0 bridgehead atoms. The Labute approximate surface area is 184 Å². The molecule has 2 N–H and O–H groups in total. The number of aliphatic imine (C=N–C) groups is 1. The third kappa shape index (κ3) is 6.44.